The zero-order chi connectivity index (χ0) is 9.68. The van der Waals surface area contributed by atoms with E-state index in [1.807, 2.05) is 6.92 Å². The SMILES string of the molecule is CCn1cc(C#CCC(=O)O)cn1. The zero-order valence-electron chi connectivity index (χ0n) is 7.32. The van der Waals surface area contributed by atoms with Crippen molar-refractivity contribution in [2.75, 3.05) is 0 Å². The van der Waals surface area contributed by atoms with E-state index in [4.69, 9.17) is 5.11 Å². The Morgan fingerprint density at radius 1 is 1.77 bits per heavy atom. The Labute approximate surface area is 76.2 Å². The molecule has 0 saturated heterocycles. The van der Waals surface area contributed by atoms with Crippen LogP contribution in [0.15, 0.2) is 12.4 Å². The fourth-order valence-electron chi connectivity index (χ4n) is 0.823. The average molecular weight is 178 g/mol. The molecule has 0 radical (unpaired) electrons. The molecule has 0 aliphatic heterocycles. The van der Waals surface area contributed by atoms with E-state index >= 15 is 0 Å². The summed E-state index contributed by atoms with van der Waals surface area (Å²) in [5.74, 6) is 4.35. The average Bonchev–Trinajstić information content (AvgIpc) is 2.52. The maximum atomic E-state index is 10.1. The van der Waals surface area contributed by atoms with Crippen LogP contribution >= 0.6 is 0 Å². The van der Waals surface area contributed by atoms with Crippen LogP contribution in [-0.2, 0) is 11.3 Å². The van der Waals surface area contributed by atoms with E-state index in [0.717, 1.165) is 12.1 Å². The number of aliphatic carboxylic acids is 1. The molecule has 0 unspecified atom stereocenters. The van der Waals surface area contributed by atoms with E-state index < -0.39 is 5.97 Å². The molecule has 0 fully saturated rings. The van der Waals surface area contributed by atoms with E-state index in [-0.39, 0.29) is 6.42 Å². The van der Waals surface area contributed by atoms with Gasteiger partial charge in [0.1, 0.15) is 6.42 Å². The largest absolute Gasteiger partial charge is 0.481 e. The van der Waals surface area contributed by atoms with Crippen molar-refractivity contribution < 1.29 is 9.90 Å². The molecule has 1 aromatic heterocycles. The lowest BCUT2D eigenvalue weighted by Crippen LogP contribution is -1.92. The van der Waals surface area contributed by atoms with Crippen molar-refractivity contribution in [2.45, 2.75) is 19.9 Å². The quantitative estimate of drug-likeness (QED) is 0.679. The van der Waals surface area contributed by atoms with Gasteiger partial charge in [0.05, 0.1) is 11.8 Å². The first-order valence-corrected chi connectivity index (χ1v) is 3.95. The smallest absolute Gasteiger partial charge is 0.315 e. The van der Waals surface area contributed by atoms with Crippen molar-refractivity contribution in [1.82, 2.24) is 9.78 Å². The molecular formula is C9H10N2O2. The van der Waals surface area contributed by atoms with Crippen molar-refractivity contribution in [3.63, 3.8) is 0 Å². The number of nitrogens with zero attached hydrogens (tertiary/aromatic N) is 2. The highest BCUT2D eigenvalue weighted by Gasteiger charge is 1.92. The number of aryl methyl sites for hydroxylation is 1. The summed E-state index contributed by atoms with van der Waals surface area (Å²) in [5, 5.41) is 12.3. The van der Waals surface area contributed by atoms with Crippen LogP contribution in [0.3, 0.4) is 0 Å². The van der Waals surface area contributed by atoms with Gasteiger partial charge in [-0.05, 0) is 6.92 Å². The second-order valence-electron chi connectivity index (χ2n) is 2.46. The van der Waals surface area contributed by atoms with Crippen LogP contribution in [0.5, 0.6) is 0 Å². The lowest BCUT2D eigenvalue weighted by molar-refractivity contribution is -0.135. The number of aromatic nitrogens is 2. The number of rotatable bonds is 2. The molecule has 1 N–H and O–H groups in total. The molecular weight excluding hydrogens is 168 g/mol. The second kappa shape index (κ2) is 4.31. The van der Waals surface area contributed by atoms with Crippen LogP contribution in [0.25, 0.3) is 0 Å². The first kappa shape index (κ1) is 9.33. The Hall–Kier alpha value is -1.76. The molecule has 0 spiro atoms. The van der Waals surface area contributed by atoms with Crippen molar-refractivity contribution in [1.29, 1.82) is 0 Å². The van der Waals surface area contributed by atoms with Crippen LogP contribution in [-0.4, -0.2) is 20.9 Å². The van der Waals surface area contributed by atoms with Gasteiger partial charge in [0.25, 0.3) is 0 Å². The summed E-state index contributed by atoms with van der Waals surface area (Å²) in [4.78, 5) is 10.1. The van der Waals surface area contributed by atoms with Crippen molar-refractivity contribution in [2.24, 2.45) is 0 Å². The molecule has 0 bridgehead atoms. The number of carboxylic acid groups (broad SMARTS) is 1. The summed E-state index contributed by atoms with van der Waals surface area (Å²) >= 11 is 0. The normalized spacial score (nSPS) is 9.00. The van der Waals surface area contributed by atoms with Crippen molar-refractivity contribution in [3.8, 4) is 11.8 Å². The van der Waals surface area contributed by atoms with E-state index in [2.05, 4.69) is 16.9 Å². The van der Waals surface area contributed by atoms with Gasteiger partial charge in [-0.3, -0.25) is 9.48 Å². The summed E-state index contributed by atoms with van der Waals surface area (Å²) in [7, 11) is 0. The predicted octanol–water partition coefficient (Wildman–Crippen LogP) is 0.729. The molecule has 0 atom stereocenters. The minimum atomic E-state index is -0.907. The van der Waals surface area contributed by atoms with Crippen LogP contribution in [0.4, 0.5) is 0 Å². The van der Waals surface area contributed by atoms with Gasteiger partial charge in [-0.25, -0.2) is 0 Å². The van der Waals surface area contributed by atoms with Crippen LogP contribution < -0.4 is 0 Å². The summed E-state index contributed by atoms with van der Waals surface area (Å²) < 4.78 is 1.74. The minimum Gasteiger partial charge on any atom is -0.481 e. The monoisotopic (exact) mass is 178 g/mol. The molecule has 1 rings (SSSR count). The van der Waals surface area contributed by atoms with Gasteiger partial charge in [-0.1, -0.05) is 11.8 Å². The molecule has 0 saturated carbocycles. The zero-order valence-corrected chi connectivity index (χ0v) is 7.32. The van der Waals surface area contributed by atoms with E-state index in [9.17, 15) is 4.79 Å². The first-order valence-electron chi connectivity index (χ1n) is 3.95. The third-order valence-electron chi connectivity index (χ3n) is 1.43. The lowest BCUT2D eigenvalue weighted by Gasteiger charge is -1.88. The lowest BCUT2D eigenvalue weighted by atomic mass is 10.3. The molecule has 1 aromatic rings. The summed E-state index contributed by atoms with van der Waals surface area (Å²) in [6.45, 7) is 2.77. The van der Waals surface area contributed by atoms with Gasteiger partial charge in [0.15, 0.2) is 0 Å². The maximum absolute atomic E-state index is 10.1. The predicted molar refractivity (Wildman–Crippen MR) is 47.0 cm³/mol. The van der Waals surface area contributed by atoms with Gasteiger partial charge < -0.3 is 5.11 Å². The Kier molecular flexibility index (Phi) is 3.09. The molecule has 0 aliphatic carbocycles. The summed E-state index contributed by atoms with van der Waals surface area (Å²) in [6.07, 6.45) is 3.28. The van der Waals surface area contributed by atoms with E-state index in [1.54, 1.807) is 17.1 Å². The third kappa shape index (κ3) is 2.99. The van der Waals surface area contributed by atoms with Crippen LogP contribution in [0.1, 0.15) is 18.9 Å². The number of hydrogen-bond donors (Lipinski definition) is 1. The van der Waals surface area contributed by atoms with Crippen LogP contribution in [0, 0.1) is 11.8 Å². The summed E-state index contributed by atoms with van der Waals surface area (Å²) in [5.41, 5.74) is 0.753. The third-order valence-corrected chi connectivity index (χ3v) is 1.43. The Morgan fingerprint density at radius 3 is 3.08 bits per heavy atom. The van der Waals surface area contributed by atoms with E-state index in [0.29, 0.717) is 0 Å². The minimum absolute atomic E-state index is 0.128. The highest BCUT2D eigenvalue weighted by Crippen LogP contribution is 1.94. The molecule has 0 aliphatic rings. The Bertz CT molecular complexity index is 357. The Balaban J connectivity index is 2.61. The molecule has 0 amide bonds. The number of hydrogen-bond acceptors (Lipinski definition) is 2. The Morgan fingerprint density at radius 2 is 2.54 bits per heavy atom. The van der Waals surface area contributed by atoms with Crippen molar-refractivity contribution >= 4 is 5.97 Å². The fraction of sp³-hybridized carbons (Fsp3) is 0.333. The topological polar surface area (TPSA) is 55.1 Å². The standard InChI is InChI=1S/C9H10N2O2/c1-2-11-7-8(6-10-11)4-3-5-9(12)13/h6-7H,2,5H2,1H3,(H,12,13). The second-order valence-corrected chi connectivity index (χ2v) is 2.46. The summed E-state index contributed by atoms with van der Waals surface area (Å²) in [6, 6.07) is 0. The van der Waals surface area contributed by atoms with Crippen molar-refractivity contribution in [3.05, 3.63) is 18.0 Å². The van der Waals surface area contributed by atoms with Gasteiger partial charge in [-0.2, -0.15) is 5.10 Å². The molecule has 4 nitrogen and oxygen atoms in total. The fourth-order valence-corrected chi connectivity index (χ4v) is 0.823. The number of carbonyl (C=O) groups is 1. The van der Waals surface area contributed by atoms with Gasteiger partial charge in [0.2, 0.25) is 0 Å². The number of carboxylic acids is 1. The first-order chi connectivity index (χ1) is 6.22. The maximum Gasteiger partial charge on any atom is 0.315 e. The molecule has 1 heterocycles. The van der Waals surface area contributed by atoms with Crippen LogP contribution in [0.2, 0.25) is 0 Å². The molecule has 68 valence electrons. The van der Waals surface area contributed by atoms with Gasteiger partial charge in [-0.15, -0.1) is 0 Å². The highest BCUT2D eigenvalue weighted by atomic mass is 16.4. The molecule has 4 heteroatoms. The molecule has 0 aromatic carbocycles. The molecule has 13 heavy (non-hydrogen) atoms. The van der Waals surface area contributed by atoms with Gasteiger partial charge >= 0.3 is 5.97 Å². The highest BCUT2D eigenvalue weighted by molar-refractivity contribution is 5.70. The van der Waals surface area contributed by atoms with E-state index in [1.165, 1.54) is 0 Å². The van der Waals surface area contributed by atoms with Gasteiger partial charge in [0, 0.05) is 12.7 Å².